The summed E-state index contributed by atoms with van der Waals surface area (Å²) in [6.07, 6.45) is 3.46. The van der Waals surface area contributed by atoms with Crippen LogP contribution in [0, 0.1) is 5.92 Å². The molecule has 6 heteroatoms. The summed E-state index contributed by atoms with van der Waals surface area (Å²) >= 11 is 0. The molecule has 0 unspecified atom stereocenters. The highest BCUT2D eigenvalue weighted by Crippen LogP contribution is 2.22. The lowest BCUT2D eigenvalue weighted by Gasteiger charge is -2.36. The normalized spacial score (nSPS) is 33.6. The summed E-state index contributed by atoms with van der Waals surface area (Å²) in [5.74, 6) is 0.642. The van der Waals surface area contributed by atoms with Gasteiger partial charge in [0.15, 0.2) is 0 Å². The summed E-state index contributed by atoms with van der Waals surface area (Å²) in [5, 5.41) is 0. The van der Waals surface area contributed by atoms with Crippen molar-refractivity contribution in [1.29, 1.82) is 0 Å². The topological polar surface area (TPSA) is 75.4 Å². The van der Waals surface area contributed by atoms with Crippen LogP contribution in [0.5, 0.6) is 0 Å². The van der Waals surface area contributed by atoms with Crippen molar-refractivity contribution < 1.29 is 8.42 Å². The number of nitrogens with zero attached hydrogens (tertiary/aromatic N) is 1. The minimum atomic E-state index is -3.26. The van der Waals surface area contributed by atoms with Crippen molar-refractivity contribution >= 4 is 10.2 Å². The first kappa shape index (κ1) is 12.3. The van der Waals surface area contributed by atoms with E-state index >= 15 is 0 Å². The largest absolute Gasteiger partial charge is 0.328 e. The zero-order valence-electron chi connectivity index (χ0n) is 9.72. The second-order valence-corrected chi connectivity index (χ2v) is 6.84. The maximum absolute atomic E-state index is 12.0. The van der Waals surface area contributed by atoms with Crippen molar-refractivity contribution in [2.45, 2.75) is 44.7 Å². The van der Waals surface area contributed by atoms with E-state index in [9.17, 15) is 8.42 Å². The zero-order valence-corrected chi connectivity index (χ0v) is 10.5. The molecule has 0 amide bonds. The summed E-state index contributed by atoms with van der Waals surface area (Å²) in [4.78, 5) is 0. The number of rotatable bonds is 3. The average Bonchev–Trinajstić information content (AvgIpc) is 2.15. The third-order valence-corrected chi connectivity index (χ3v) is 5.25. The molecule has 0 radical (unpaired) electrons. The molecular formula is C10H21N3O2S. The van der Waals surface area contributed by atoms with Crippen molar-refractivity contribution in [3.8, 4) is 0 Å². The van der Waals surface area contributed by atoms with E-state index in [1.165, 1.54) is 0 Å². The second-order valence-electron chi connectivity index (χ2n) is 5.13. The monoisotopic (exact) mass is 247 g/mol. The molecule has 16 heavy (non-hydrogen) atoms. The van der Waals surface area contributed by atoms with E-state index in [0.29, 0.717) is 19.0 Å². The molecule has 0 aromatic heterocycles. The molecule has 0 atom stereocenters. The van der Waals surface area contributed by atoms with Gasteiger partial charge in [-0.3, -0.25) is 0 Å². The Morgan fingerprint density at radius 1 is 1.25 bits per heavy atom. The number of hydrogen-bond donors (Lipinski definition) is 2. The Bertz CT molecular complexity index is 330. The Hall–Kier alpha value is -0.170. The van der Waals surface area contributed by atoms with Gasteiger partial charge in [-0.15, -0.1) is 0 Å². The molecule has 2 rings (SSSR count). The Morgan fingerprint density at radius 3 is 2.31 bits per heavy atom. The summed E-state index contributed by atoms with van der Waals surface area (Å²) in [6, 6.07) is 0.230. The van der Waals surface area contributed by atoms with E-state index in [2.05, 4.69) is 11.6 Å². The van der Waals surface area contributed by atoms with Gasteiger partial charge in [0.05, 0.1) is 0 Å². The molecular weight excluding hydrogens is 226 g/mol. The highest BCUT2D eigenvalue weighted by atomic mass is 32.2. The molecule has 1 aliphatic carbocycles. The van der Waals surface area contributed by atoms with Crippen LogP contribution in [-0.4, -0.2) is 37.9 Å². The van der Waals surface area contributed by atoms with Crippen LogP contribution in [0.2, 0.25) is 0 Å². The first-order valence-corrected chi connectivity index (χ1v) is 7.44. The Labute approximate surface area is 97.6 Å². The number of nitrogens with two attached hydrogens (primary N) is 1. The second kappa shape index (κ2) is 4.60. The van der Waals surface area contributed by atoms with Gasteiger partial charge >= 0.3 is 0 Å². The minimum Gasteiger partial charge on any atom is -0.328 e. The maximum Gasteiger partial charge on any atom is 0.279 e. The maximum atomic E-state index is 12.0. The molecule has 2 aliphatic rings. The number of hydrogen-bond acceptors (Lipinski definition) is 3. The summed E-state index contributed by atoms with van der Waals surface area (Å²) in [7, 11) is -3.26. The Balaban J connectivity index is 1.87. The van der Waals surface area contributed by atoms with Crippen LogP contribution in [-0.2, 0) is 10.2 Å². The predicted molar refractivity (Wildman–Crippen MR) is 63.0 cm³/mol. The van der Waals surface area contributed by atoms with E-state index in [1.807, 2.05) is 0 Å². The van der Waals surface area contributed by atoms with Gasteiger partial charge in [-0.05, 0) is 31.6 Å². The molecule has 5 nitrogen and oxygen atoms in total. The molecule has 94 valence electrons. The molecule has 1 saturated heterocycles. The Morgan fingerprint density at radius 2 is 1.81 bits per heavy atom. The van der Waals surface area contributed by atoms with Crippen LogP contribution in [0.3, 0.4) is 0 Å². The van der Waals surface area contributed by atoms with Crippen molar-refractivity contribution in [2.24, 2.45) is 11.7 Å². The summed E-state index contributed by atoms with van der Waals surface area (Å²) in [6.45, 7) is 3.47. The van der Waals surface area contributed by atoms with Gasteiger partial charge in [0.1, 0.15) is 0 Å². The highest BCUT2D eigenvalue weighted by Gasteiger charge is 2.33. The lowest BCUT2D eigenvalue weighted by Crippen LogP contribution is -2.54. The third kappa shape index (κ3) is 2.74. The van der Waals surface area contributed by atoms with E-state index in [4.69, 9.17) is 5.73 Å². The van der Waals surface area contributed by atoms with Crippen molar-refractivity contribution in [3.05, 3.63) is 0 Å². The third-order valence-electron chi connectivity index (χ3n) is 3.57. The van der Waals surface area contributed by atoms with Crippen LogP contribution in [0.1, 0.15) is 32.6 Å². The number of piperidine rings is 1. The van der Waals surface area contributed by atoms with Gasteiger partial charge in [-0.25, -0.2) is 0 Å². The molecule has 0 aromatic carbocycles. The number of nitrogens with one attached hydrogen (secondary N) is 1. The smallest absolute Gasteiger partial charge is 0.279 e. The lowest BCUT2D eigenvalue weighted by atomic mass is 9.89. The van der Waals surface area contributed by atoms with Gasteiger partial charge in [-0.2, -0.15) is 17.4 Å². The fourth-order valence-electron chi connectivity index (χ4n) is 2.27. The van der Waals surface area contributed by atoms with Crippen LogP contribution < -0.4 is 10.5 Å². The quantitative estimate of drug-likeness (QED) is 0.739. The molecule has 1 aliphatic heterocycles. The van der Waals surface area contributed by atoms with E-state index in [0.717, 1.165) is 25.7 Å². The van der Waals surface area contributed by atoms with E-state index < -0.39 is 10.2 Å². The van der Waals surface area contributed by atoms with Gasteiger partial charge in [-0.1, -0.05) is 6.92 Å². The van der Waals surface area contributed by atoms with Crippen molar-refractivity contribution in [3.63, 3.8) is 0 Å². The average molecular weight is 247 g/mol. The molecule has 3 N–H and O–H groups in total. The highest BCUT2D eigenvalue weighted by molar-refractivity contribution is 7.87. The molecule has 2 fully saturated rings. The van der Waals surface area contributed by atoms with Crippen LogP contribution in [0.4, 0.5) is 0 Å². The van der Waals surface area contributed by atoms with Crippen molar-refractivity contribution in [1.82, 2.24) is 9.03 Å². The van der Waals surface area contributed by atoms with Crippen LogP contribution >= 0.6 is 0 Å². The van der Waals surface area contributed by atoms with Crippen LogP contribution in [0.25, 0.3) is 0 Å². The summed E-state index contributed by atoms with van der Waals surface area (Å²) < 4.78 is 28.2. The molecule has 0 aromatic rings. The fourth-order valence-corrected chi connectivity index (χ4v) is 3.72. The van der Waals surface area contributed by atoms with E-state index in [-0.39, 0.29) is 12.1 Å². The molecule has 1 heterocycles. The minimum absolute atomic E-state index is 0.0550. The fraction of sp³-hybridized carbons (Fsp3) is 1.00. The molecule has 0 spiro atoms. The van der Waals surface area contributed by atoms with Gasteiger partial charge in [0.2, 0.25) is 0 Å². The SMILES string of the molecule is CC1CCN(S(=O)(=O)NC2CC(N)C2)CC1. The van der Waals surface area contributed by atoms with Gasteiger partial charge < -0.3 is 5.73 Å². The zero-order chi connectivity index (χ0) is 11.8. The standard InChI is InChI=1S/C10H21N3O2S/c1-8-2-4-13(5-3-8)16(14,15)12-10-6-9(11)7-10/h8-10,12H,2-7,11H2,1H3. The van der Waals surface area contributed by atoms with Gasteiger partial charge in [0, 0.05) is 25.2 Å². The first-order chi connectivity index (χ1) is 7.47. The Kier molecular flexibility index (Phi) is 3.53. The lowest BCUT2D eigenvalue weighted by molar-refractivity contribution is 0.272. The van der Waals surface area contributed by atoms with E-state index in [1.54, 1.807) is 4.31 Å². The molecule has 1 saturated carbocycles. The molecule has 0 bridgehead atoms. The first-order valence-electron chi connectivity index (χ1n) is 6.00. The van der Waals surface area contributed by atoms with Crippen molar-refractivity contribution in [2.75, 3.05) is 13.1 Å². The summed E-state index contributed by atoms with van der Waals surface area (Å²) in [5.41, 5.74) is 5.64. The van der Waals surface area contributed by atoms with Crippen LogP contribution in [0.15, 0.2) is 0 Å². The van der Waals surface area contributed by atoms with Gasteiger partial charge in [0.25, 0.3) is 10.2 Å². The predicted octanol–water partition coefficient (Wildman–Crippen LogP) is 0.0424.